The summed E-state index contributed by atoms with van der Waals surface area (Å²) in [5, 5.41) is 0. The Labute approximate surface area is 151 Å². The normalized spacial score (nSPS) is 11.2. The molecule has 0 aliphatic carbocycles. The van der Waals surface area contributed by atoms with Crippen molar-refractivity contribution in [2.45, 2.75) is 12.2 Å². The van der Waals surface area contributed by atoms with Gasteiger partial charge in [0.25, 0.3) is 5.79 Å². The summed E-state index contributed by atoms with van der Waals surface area (Å²) in [7, 11) is 0.611. The maximum absolute atomic E-state index is 6.33. The SMILES string of the molecule is [SiH3]OCC(Cc1ccccc1)(Oc1ccccc1)Oc1ccccc1. The lowest BCUT2D eigenvalue weighted by Crippen LogP contribution is -2.49. The standard InChI is InChI=1S/C21H22O3Si/c25-22-17-21(16-18-10-4-1-5-11-18,23-19-12-6-2-7-13-19)24-20-14-8-3-9-15-20/h1-15H,16-17H2,25H3. The lowest BCUT2D eigenvalue weighted by molar-refractivity contribution is -0.136. The zero-order valence-electron chi connectivity index (χ0n) is 14.3. The predicted octanol–water partition coefficient (Wildman–Crippen LogP) is 3.38. The minimum atomic E-state index is -0.925. The van der Waals surface area contributed by atoms with Crippen LogP contribution in [0, 0.1) is 0 Å². The van der Waals surface area contributed by atoms with Gasteiger partial charge in [-0.25, -0.2) is 0 Å². The predicted molar refractivity (Wildman–Crippen MR) is 103 cm³/mol. The molecule has 0 saturated carbocycles. The third kappa shape index (κ3) is 4.95. The molecule has 0 saturated heterocycles. The van der Waals surface area contributed by atoms with Crippen LogP contribution < -0.4 is 9.47 Å². The molecule has 0 spiro atoms. The summed E-state index contributed by atoms with van der Waals surface area (Å²) in [4.78, 5) is 0. The smallest absolute Gasteiger partial charge is 0.277 e. The van der Waals surface area contributed by atoms with Crippen molar-refractivity contribution in [2.75, 3.05) is 6.61 Å². The average Bonchev–Trinajstić information content (AvgIpc) is 2.64. The molecule has 0 atom stereocenters. The summed E-state index contributed by atoms with van der Waals surface area (Å²) in [6.07, 6.45) is 0.583. The highest BCUT2D eigenvalue weighted by atomic mass is 28.2. The molecule has 0 amide bonds. The quantitative estimate of drug-likeness (QED) is 0.460. The molecule has 0 aliphatic heterocycles. The molecule has 0 aliphatic rings. The fourth-order valence-electron chi connectivity index (χ4n) is 2.74. The molecule has 0 aromatic heterocycles. The maximum atomic E-state index is 6.33. The van der Waals surface area contributed by atoms with Crippen LogP contribution in [0.25, 0.3) is 0 Å². The Morgan fingerprint density at radius 1 is 0.640 bits per heavy atom. The first-order valence-corrected chi connectivity index (χ1v) is 9.12. The van der Waals surface area contributed by atoms with Gasteiger partial charge in [-0.1, -0.05) is 66.7 Å². The second-order valence-electron chi connectivity index (χ2n) is 5.84. The van der Waals surface area contributed by atoms with Gasteiger partial charge in [0.15, 0.2) is 0 Å². The molecule has 3 nitrogen and oxygen atoms in total. The molecule has 0 radical (unpaired) electrons. The van der Waals surface area contributed by atoms with Crippen molar-refractivity contribution in [3.63, 3.8) is 0 Å². The number of hydrogen-bond donors (Lipinski definition) is 0. The summed E-state index contributed by atoms with van der Waals surface area (Å²) in [6.45, 7) is 0.359. The van der Waals surface area contributed by atoms with E-state index in [1.807, 2.05) is 78.9 Å². The summed E-state index contributed by atoms with van der Waals surface area (Å²) in [5.41, 5.74) is 1.13. The molecule has 128 valence electrons. The molecule has 0 unspecified atom stereocenters. The Kier molecular flexibility index (Phi) is 5.88. The Hall–Kier alpha value is -2.56. The molecule has 3 rings (SSSR count). The van der Waals surface area contributed by atoms with Gasteiger partial charge in [-0.3, -0.25) is 0 Å². The van der Waals surface area contributed by atoms with Crippen LogP contribution in [0.15, 0.2) is 91.0 Å². The third-order valence-electron chi connectivity index (χ3n) is 3.77. The van der Waals surface area contributed by atoms with E-state index in [0.29, 0.717) is 23.5 Å². The highest BCUT2D eigenvalue weighted by Gasteiger charge is 2.35. The third-order valence-corrected chi connectivity index (χ3v) is 4.06. The van der Waals surface area contributed by atoms with Crippen LogP contribution in [-0.4, -0.2) is 22.9 Å². The van der Waals surface area contributed by atoms with Crippen LogP contribution in [0.5, 0.6) is 11.5 Å². The fourth-order valence-corrected chi connectivity index (χ4v) is 3.18. The van der Waals surface area contributed by atoms with Crippen molar-refractivity contribution in [3.05, 3.63) is 96.6 Å². The molecular weight excluding hydrogens is 328 g/mol. The number of benzene rings is 3. The van der Waals surface area contributed by atoms with Gasteiger partial charge in [-0.15, -0.1) is 0 Å². The van der Waals surface area contributed by atoms with Crippen LogP contribution in [0.2, 0.25) is 0 Å². The number of hydrogen-bond acceptors (Lipinski definition) is 3. The summed E-state index contributed by atoms with van der Waals surface area (Å²) < 4.78 is 18.3. The first kappa shape index (κ1) is 17.3. The Morgan fingerprint density at radius 3 is 1.52 bits per heavy atom. The lowest BCUT2D eigenvalue weighted by Gasteiger charge is -2.34. The first-order valence-electron chi connectivity index (χ1n) is 8.31. The summed E-state index contributed by atoms with van der Waals surface area (Å²) in [5.74, 6) is 0.590. The van der Waals surface area contributed by atoms with Crippen molar-refractivity contribution in [1.29, 1.82) is 0 Å². The largest absolute Gasteiger partial charge is 0.450 e. The van der Waals surface area contributed by atoms with Gasteiger partial charge in [-0.2, -0.15) is 0 Å². The van der Waals surface area contributed by atoms with Crippen molar-refractivity contribution in [1.82, 2.24) is 0 Å². The van der Waals surface area contributed by atoms with Gasteiger partial charge in [0.1, 0.15) is 28.6 Å². The molecule has 4 heteroatoms. The first-order chi connectivity index (χ1) is 12.3. The van der Waals surface area contributed by atoms with Gasteiger partial charge in [0, 0.05) is 0 Å². The molecule has 3 aromatic rings. The second kappa shape index (κ2) is 8.51. The van der Waals surface area contributed by atoms with Gasteiger partial charge in [0.05, 0.1) is 6.42 Å². The summed E-state index contributed by atoms with van der Waals surface area (Å²) in [6, 6.07) is 29.7. The molecule has 3 aromatic carbocycles. The van der Waals surface area contributed by atoms with Gasteiger partial charge in [-0.05, 0) is 29.8 Å². The fraction of sp³-hybridized carbons (Fsp3) is 0.143. The van der Waals surface area contributed by atoms with E-state index in [0.717, 1.165) is 17.1 Å². The van der Waals surface area contributed by atoms with Crippen molar-refractivity contribution < 1.29 is 13.9 Å². The number of para-hydroxylation sites is 2. The zero-order valence-corrected chi connectivity index (χ0v) is 16.3. The molecular formula is C21H22O3Si. The van der Waals surface area contributed by atoms with Crippen molar-refractivity contribution in [3.8, 4) is 11.5 Å². The van der Waals surface area contributed by atoms with Crippen LogP contribution >= 0.6 is 0 Å². The van der Waals surface area contributed by atoms with Crippen LogP contribution in [0.1, 0.15) is 5.56 Å². The molecule has 0 heterocycles. The highest BCUT2D eigenvalue weighted by Crippen LogP contribution is 2.27. The molecule has 25 heavy (non-hydrogen) atoms. The number of rotatable bonds is 8. The number of ether oxygens (including phenoxy) is 2. The van der Waals surface area contributed by atoms with Crippen molar-refractivity contribution in [2.24, 2.45) is 0 Å². The highest BCUT2D eigenvalue weighted by molar-refractivity contribution is 5.98. The van der Waals surface area contributed by atoms with E-state index in [1.54, 1.807) is 0 Å². The Morgan fingerprint density at radius 2 is 1.08 bits per heavy atom. The second-order valence-corrected chi connectivity index (χ2v) is 6.41. The van der Waals surface area contributed by atoms with E-state index in [2.05, 4.69) is 12.1 Å². The van der Waals surface area contributed by atoms with Gasteiger partial charge in [0.2, 0.25) is 0 Å². The maximum Gasteiger partial charge on any atom is 0.277 e. The van der Waals surface area contributed by atoms with E-state index >= 15 is 0 Å². The minimum Gasteiger partial charge on any atom is -0.450 e. The Bertz CT molecular complexity index is 646. The average molecular weight is 350 g/mol. The zero-order chi connectivity index (χ0) is 17.4. The lowest BCUT2D eigenvalue weighted by atomic mass is 10.1. The van der Waals surface area contributed by atoms with Crippen LogP contribution in [0.3, 0.4) is 0 Å². The Balaban J connectivity index is 1.94. The van der Waals surface area contributed by atoms with Gasteiger partial charge >= 0.3 is 0 Å². The van der Waals surface area contributed by atoms with E-state index in [-0.39, 0.29) is 0 Å². The van der Waals surface area contributed by atoms with Crippen LogP contribution in [0.4, 0.5) is 0 Å². The van der Waals surface area contributed by atoms with Gasteiger partial charge < -0.3 is 13.9 Å². The van der Waals surface area contributed by atoms with Crippen molar-refractivity contribution >= 4 is 10.5 Å². The molecule has 0 bridgehead atoms. The monoisotopic (exact) mass is 350 g/mol. The van der Waals surface area contributed by atoms with E-state index in [1.165, 1.54) is 0 Å². The minimum absolute atomic E-state index is 0.359. The topological polar surface area (TPSA) is 27.7 Å². The van der Waals surface area contributed by atoms with E-state index in [9.17, 15) is 0 Å². The summed E-state index contributed by atoms with van der Waals surface area (Å²) >= 11 is 0. The molecule has 0 fully saturated rings. The molecule has 0 N–H and O–H groups in total. The van der Waals surface area contributed by atoms with E-state index in [4.69, 9.17) is 13.9 Å². The van der Waals surface area contributed by atoms with E-state index < -0.39 is 5.79 Å². The van der Waals surface area contributed by atoms with Crippen LogP contribution in [-0.2, 0) is 10.8 Å².